The summed E-state index contributed by atoms with van der Waals surface area (Å²) >= 11 is 0. The number of piperidine rings is 1. The van der Waals surface area contributed by atoms with Crippen molar-refractivity contribution in [2.45, 2.75) is 25.4 Å². The topological polar surface area (TPSA) is 65.5 Å². The van der Waals surface area contributed by atoms with Crippen molar-refractivity contribution in [3.63, 3.8) is 0 Å². The zero-order valence-electron chi connectivity index (χ0n) is 17.0. The van der Waals surface area contributed by atoms with Gasteiger partial charge in [-0.15, -0.1) is 0 Å². The first-order valence-electron chi connectivity index (χ1n) is 10.5. The van der Waals surface area contributed by atoms with Crippen molar-refractivity contribution in [1.29, 1.82) is 0 Å². The number of anilines is 1. The number of pyridine rings is 1. The SMILES string of the molecule is O=C(Nc1cccc(-c2ccncc2)c1)c1cccc(CCN2CCC(O)CC2)c1. The molecule has 0 saturated carbocycles. The van der Waals surface area contributed by atoms with Gasteiger partial charge in [0.05, 0.1) is 6.10 Å². The Balaban J connectivity index is 1.39. The van der Waals surface area contributed by atoms with Crippen molar-refractivity contribution >= 4 is 11.6 Å². The molecule has 1 fully saturated rings. The quantitative estimate of drug-likeness (QED) is 0.655. The third-order valence-corrected chi connectivity index (χ3v) is 5.60. The number of carbonyl (C=O) groups is 1. The Morgan fingerprint density at radius 3 is 2.57 bits per heavy atom. The van der Waals surface area contributed by atoms with E-state index in [2.05, 4.69) is 21.3 Å². The Bertz CT molecular complexity index is 982. The molecule has 0 aliphatic carbocycles. The van der Waals surface area contributed by atoms with Gasteiger partial charge in [0.25, 0.3) is 5.91 Å². The third-order valence-electron chi connectivity index (χ3n) is 5.60. The minimum absolute atomic E-state index is 0.107. The lowest BCUT2D eigenvalue weighted by Gasteiger charge is -2.29. The maximum atomic E-state index is 12.8. The second-order valence-corrected chi connectivity index (χ2v) is 7.79. The highest BCUT2D eigenvalue weighted by molar-refractivity contribution is 6.04. The van der Waals surface area contributed by atoms with E-state index in [1.807, 2.05) is 54.6 Å². The first-order chi connectivity index (χ1) is 14.7. The van der Waals surface area contributed by atoms with Crippen molar-refractivity contribution < 1.29 is 9.90 Å². The van der Waals surface area contributed by atoms with Gasteiger partial charge in [0.15, 0.2) is 0 Å². The van der Waals surface area contributed by atoms with Crippen LogP contribution in [0, 0.1) is 0 Å². The summed E-state index contributed by atoms with van der Waals surface area (Å²) in [7, 11) is 0. The Morgan fingerprint density at radius 1 is 1.00 bits per heavy atom. The lowest BCUT2D eigenvalue weighted by molar-refractivity contribution is 0.0831. The maximum absolute atomic E-state index is 12.8. The average Bonchev–Trinajstić information content (AvgIpc) is 2.80. The number of nitrogens with one attached hydrogen (secondary N) is 1. The number of hydrogen-bond donors (Lipinski definition) is 2. The number of hydrogen-bond acceptors (Lipinski definition) is 4. The first-order valence-corrected chi connectivity index (χ1v) is 10.5. The van der Waals surface area contributed by atoms with Crippen LogP contribution in [0.25, 0.3) is 11.1 Å². The summed E-state index contributed by atoms with van der Waals surface area (Å²) < 4.78 is 0. The second kappa shape index (κ2) is 9.65. The van der Waals surface area contributed by atoms with Crippen LogP contribution in [0.4, 0.5) is 5.69 Å². The maximum Gasteiger partial charge on any atom is 0.255 e. The van der Waals surface area contributed by atoms with Crippen LogP contribution in [0.15, 0.2) is 73.1 Å². The minimum atomic E-state index is -0.148. The van der Waals surface area contributed by atoms with E-state index in [1.54, 1.807) is 12.4 Å². The fourth-order valence-corrected chi connectivity index (χ4v) is 3.82. The van der Waals surface area contributed by atoms with E-state index in [0.29, 0.717) is 5.56 Å². The molecule has 1 amide bonds. The number of likely N-dealkylation sites (tertiary alicyclic amines) is 1. The van der Waals surface area contributed by atoms with Crippen molar-refractivity contribution in [3.05, 3.63) is 84.2 Å². The molecule has 0 spiro atoms. The molecule has 2 N–H and O–H groups in total. The van der Waals surface area contributed by atoms with Gasteiger partial charge in [-0.3, -0.25) is 9.78 Å². The largest absolute Gasteiger partial charge is 0.393 e. The van der Waals surface area contributed by atoms with E-state index in [-0.39, 0.29) is 12.0 Å². The Hall–Kier alpha value is -3.02. The molecule has 5 nitrogen and oxygen atoms in total. The van der Waals surface area contributed by atoms with E-state index < -0.39 is 0 Å². The van der Waals surface area contributed by atoms with Gasteiger partial charge in [-0.25, -0.2) is 0 Å². The van der Waals surface area contributed by atoms with Crippen LogP contribution in [-0.2, 0) is 6.42 Å². The summed E-state index contributed by atoms with van der Waals surface area (Å²) in [4.78, 5) is 19.2. The van der Waals surface area contributed by atoms with E-state index in [0.717, 1.165) is 61.3 Å². The number of carbonyl (C=O) groups excluding carboxylic acids is 1. The van der Waals surface area contributed by atoms with Crippen molar-refractivity contribution in [1.82, 2.24) is 9.88 Å². The molecule has 30 heavy (non-hydrogen) atoms. The Kier molecular flexibility index (Phi) is 6.52. The smallest absolute Gasteiger partial charge is 0.255 e. The van der Waals surface area contributed by atoms with Crippen LogP contribution < -0.4 is 5.32 Å². The molecule has 0 bridgehead atoms. The molecule has 1 aromatic heterocycles. The van der Waals surface area contributed by atoms with Crippen LogP contribution >= 0.6 is 0 Å². The molecular weight excluding hydrogens is 374 g/mol. The number of amides is 1. The third kappa shape index (κ3) is 5.32. The predicted molar refractivity (Wildman–Crippen MR) is 119 cm³/mol. The second-order valence-electron chi connectivity index (χ2n) is 7.79. The standard InChI is InChI=1S/C25H27N3O2/c29-24-10-15-28(16-11-24)14-9-19-3-1-5-22(17-19)25(30)27-23-6-2-4-21(18-23)20-7-12-26-13-8-20/h1-8,12-13,17-18,24,29H,9-11,14-16H2,(H,27,30). The van der Waals surface area contributed by atoms with Gasteiger partial charge in [-0.1, -0.05) is 24.3 Å². The van der Waals surface area contributed by atoms with Gasteiger partial charge in [0.2, 0.25) is 0 Å². The molecule has 5 heteroatoms. The number of rotatable bonds is 6. The predicted octanol–water partition coefficient (Wildman–Crippen LogP) is 4.00. The molecule has 0 atom stereocenters. The zero-order chi connectivity index (χ0) is 20.8. The molecule has 1 saturated heterocycles. The van der Waals surface area contributed by atoms with E-state index in [1.165, 1.54) is 0 Å². The Labute approximate surface area is 177 Å². The van der Waals surface area contributed by atoms with Gasteiger partial charge < -0.3 is 15.3 Å². The number of nitrogens with zero attached hydrogens (tertiary/aromatic N) is 2. The molecule has 1 aliphatic heterocycles. The lowest BCUT2D eigenvalue weighted by atomic mass is 10.0. The monoisotopic (exact) mass is 401 g/mol. The normalized spacial score (nSPS) is 15.1. The van der Waals surface area contributed by atoms with E-state index >= 15 is 0 Å². The Morgan fingerprint density at radius 2 is 1.77 bits per heavy atom. The summed E-state index contributed by atoms with van der Waals surface area (Å²) in [5.41, 5.74) is 4.69. The van der Waals surface area contributed by atoms with Crippen LogP contribution in [0.5, 0.6) is 0 Å². The minimum Gasteiger partial charge on any atom is -0.393 e. The van der Waals surface area contributed by atoms with E-state index in [4.69, 9.17) is 0 Å². The molecule has 2 aromatic carbocycles. The number of aliphatic hydroxyl groups is 1. The van der Waals surface area contributed by atoms with Crippen LogP contribution in [0.2, 0.25) is 0 Å². The summed E-state index contributed by atoms with van der Waals surface area (Å²) in [6, 6.07) is 19.6. The lowest BCUT2D eigenvalue weighted by Crippen LogP contribution is -2.37. The van der Waals surface area contributed by atoms with Gasteiger partial charge in [0, 0.05) is 43.3 Å². The van der Waals surface area contributed by atoms with Gasteiger partial charge in [-0.2, -0.15) is 0 Å². The summed E-state index contributed by atoms with van der Waals surface area (Å²) in [5, 5.41) is 12.7. The highest BCUT2D eigenvalue weighted by atomic mass is 16.3. The fraction of sp³-hybridized carbons (Fsp3) is 0.280. The summed E-state index contributed by atoms with van der Waals surface area (Å²) in [5.74, 6) is -0.107. The van der Waals surface area contributed by atoms with Gasteiger partial charge in [0.1, 0.15) is 0 Å². The molecule has 0 radical (unpaired) electrons. The fourth-order valence-electron chi connectivity index (χ4n) is 3.82. The zero-order valence-corrected chi connectivity index (χ0v) is 17.0. The molecule has 3 aromatic rings. The highest BCUT2D eigenvalue weighted by Gasteiger charge is 2.16. The molecule has 1 aliphatic rings. The summed E-state index contributed by atoms with van der Waals surface area (Å²) in [6.45, 7) is 2.83. The molecule has 154 valence electrons. The first kappa shape index (κ1) is 20.3. The van der Waals surface area contributed by atoms with Crippen molar-refractivity contribution in [3.8, 4) is 11.1 Å². The summed E-state index contributed by atoms with van der Waals surface area (Å²) in [6.07, 6.45) is 5.97. The van der Waals surface area contributed by atoms with Crippen molar-refractivity contribution in [2.75, 3.05) is 25.0 Å². The molecule has 0 unspecified atom stereocenters. The van der Waals surface area contributed by atoms with Crippen LogP contribution in [-0.4, -0.2) is 46.6 Å². The van der Waals surface area contributed by atoms with Gasteiger partial charge in [-0.05, 0) is 72.4 Å². The van der Waals surface area contributed by atoms with Crippen LogP contribution in [0.3, 0.4) is 0 Å². The van der Waals surface area contributed by atoms with Crippen molar-refractivity contribution in [2.24, 2.45) is 0 Å². The van der Waals surface area contributed by atoms with Crippen LogP contribution in [0.1, 0.15) is 28.8 Å². The molecule has 2 heterocycles. The molecular formula is C25H27N3O2. The average molecular weight is 402 g/mol. The number of aliphatic hydroxyl groups excluding tert-OH is 1. The molecule has 4 rings (SSSR count). The number of benzene rings is 2. The highest BCUT2D eigenvalue weighted by Crippen LogP contribution is 2.22. The number of aromatic nitrogens is 1. The van der Waals surface area contributed by atoms with Gasteiger partial charge >= 0.3 is 0 Å². The van der Waals surface area contributed by atoms with E-state index in [9.17, 15) is 9.90 Å².